The molecule has 1 aromatic rings. The van der Waals surface area contributed by atoms with Crippen molar-refractivity contribution in [2.75, 3.05) is 0 Å². The third-order valence-corrected chi connectivity index (χ3v) is 4.43. The fourth-order valence-electron chi connectivity index (χ4n) is 3.13. The Morgan fingerprint density at radius 3 is 2.65 bits per heavy atom. The second-order valence-corrected chi connectivity index (χ2v) is 6.68. The third-order valence-electron chi connectivity index (χ3n) is 4.43. The first-order valence-corrected chi connectivity index (χ1v) is 10.5. The Labute approximate surface area is 181 Å². The monoisotopic (exact) mass is 446 g/mol. The maximum atomic E-state index is 14.9. The van der Waals surface area contributed by atoms with Crippen molar-refractivity contribution in [2.45, 2.75) is 84.3 Å². The van der Waals surface area contributed by atoms with Gasteiger partial charge in [-0.3, -0.25) is 4.98 Å². The number of piperidine rings is 1. The Balaban J connectivity index is 0.00000233. The van der Waals surface area contributed by atoms with Crippen molar-refractivity contribution < 1.29 is 22.6 Å². The molecule has 0 radical (unpaired) electrons. The summed E-state index contributed by atoms with van der Waals surface area (Å²) in [5.41, 5.74) is 10.9. The molecule has 31 heavy (non-hydrogen) atoms. The van der Waals surface area contributed by atoms with Crippen LogP contribution in [0.2, 0.25) is 0 Å². The number of alkyl halides is 3. The lowest BCUT2D eigenvalue weighted by Crippen LogP contribution is -2.56. The van der Waals surface area contributed by atoms with Gasteiger partial charge in [0.15, 0.2) is 17.9 Å². The van der Waals surface area contributed by atoms with Gasteiger partial charge in [-0.15, -0.1) is 0 Å². The van der Waals surface area contributed by atoms with Crippen LogP contribution in [0.15, 0.2) is 29.3 Å². The molecule has 0 saturated carbocycles. The summed E-state index contributed by atoms with van der Waals surface area (Å²) in [5.74, 6) is -0.653. The zero-order chi connectivity index (χ0) is 23.4. The van der Waals surface area contributed by atoms with Crippen LogP contribution in [0.4, 0.5) is 19.0 Å². The molecule has 0 amide bonds. The van der Waals surface area contributed by atoms with Crippen LogP contribution in [0.3, 0.4) is 0 Å². The molecule has 1 aliphatic rings. The third kappa shape index (κ3) is 8.99. The maximum Gasteiger partial charge on any atom is 0.388 e. The number of rotatable bonds is 9. The molecule has 8 nitrogen and oxygen atoms in total. The van der Waals surface area contributed by atoms with Crippen molar-refractivity contribution in [1.29, 1.82) is 0 Å². The molecule has 0 spiro atoms. The van der Waals surface area contributed by atoms with E-state index in [9.17, 15) is 13.2 Å². The number of ether oxygens (including phenoxy) is 2. The molecule has 1 fully saturated rings. The quantitative estimate of drug-likeness (QED) is 0.301. The minimum atomic E-state index is -3.07. The Kier molecular flexibility index (Phi) is 11.7. The highest BCUT2D eigenvalue weighted by Crippen LogP contribution is 2.26. The molecule has 0 aromatic carbocycles. The Morgan fingerprint density at radius 2 is 2.03 bits per heavy atom. The lowest BCUT2D eigenvalue weighted by molar-refractivity contribution is -0.0966. The summed E-state index contributed by atoms with van der Waals surface area (Å²) < 4.78 is 48.8. The van der Waals surface area contributed by atoms with E-state index in [4.69, 9.17) is 16.2 Å². The molecule has 4 atom stereocenters. The van der Waals surface area contributed by atoms with E-state index in [1.54, 1.807) is 0 Å². The molecular formula is C20H33F3N6O2. The van der Waals surface area contributed by atoms with Crippen LogP contribution in [-0.2, 0) is 4.74 Å². The van der Waals surface area contributed by atoms with Gasteiger partial charge in [0.25, 0.3) is 0 Å². The predicted molar refractivity (Wildman–Crippen MR) is 114 cm³/mol. The summed E-state index contributed by atoms with van der Waals surface area (Å²) in [5, 5.41) is 3.33. The largest absolute Gasteiger partial charge is 0.470 e. The molecule has 5 N–H and O–H groups in total. The predicted octanol–water partition coefficient (Wildman–Crippen LogP) is 3.56. The second kappa shape index (κ2) is 13.7. The van der Waals surface area contributed by atoms with Crippen molar-refractivity contribution in [3.63, 3.8) is 0 Å². The molecular weight excluding hydrogens is 413 g/mol. The van der Waals surface area contributed by atoms with E-state index in [0.717, 1.165) is 18.9 Å². The summed E-state index contributed by atoms with van der Waals surface area (Å²) in [6, 6.07) is -0.132. The van der Waals surface area contributed by atoms with Gasteiger partial charge in [0.2, 0.25) is 5.88 Å². The Bertz CT molecular complexity index is 720. The first-order valence-electron chi connectivity index (χ1n) is 10.5. The number of nitrogens with zero attached hydrogens (tertiary/aromatic N) is 3. The molecule has 1 aliphatic heterocycles. The van der Waals surface area contributed by atoms with Crippen molar-refractivity contribution >= 4 is 11.7 Å². The van der Waals surface area contributed by atoms with Gasteiger partial charge in [-0.05, 0) is 12.8 Å². The molecule has 0 aliphatic carbocycles. The Morgan fingerprint density at radius 1 is 1.32 bits per heavy atom. The van der Waals surface area contributed by atoms with Crippen molar-refractivity contribution in [3.8, 4) is 5.88 Å². The lowest BCUT2D eigenvalue weighted by atomic mass is 9.90. The zero-order valence-corrected chi connectivity index (χ0v) is 18.4. The molecule has 1 aromatic heterocycles. The van der Waals surface area contributed by atoms with Gasteiger partial charge in [-0.1, -0.05) is 34.1 Å². The lowest BCUT2D eigenvalue weighted by Gasteiger charge is -2.38. The summed E-state index contributed by atoms with van der Waals surface area (Å²) in [6.45, 7) is 4.97. The second-order valence-electron chi connectivity index (χ2n) is 6.68. The van der Waals surface area contributed by atoms with Crippen LogP contribution in [0.1, 0.15) is 53.4 Å². The average Bonchev–Trinajstić information content (AvgIpc) is 2.72. The minimum Gasteiger partial charge on any atom is -0.470 e. The molecule has 176 valence electrons. The van der Waals surface area contributed by atoms with Crippen LogP contribution in [0.5, 0.6) is 5.88 Å². The average molecular weight is 447 g/mol. The molecule has 2 heterocycles. The highest BCUT2D eigenvalue weighted by molar-refractivity contribution is 5.93. The molecule has 0 bridgehead atoms. The standard InChI is InChI=1S/C18H27F3N6O2.C2H6/c1-3-5-11-17(19)12(6-10(4-2)25-11)28-16-9-24-8-15(27-16)26-13(22)7-14(23)29-18(20)21;1-2/h7-12,17-18,25H,3-6,23H2,1-2H3,(H2,22,26,27);1-2H3/b14-7+;/t10-,11-,12?,17?;/m0./s1. The van der Waals surface area contributed by atoms with Gasteiger partial charge in [0.05, 0.1) is 12.4 Å². The van der Waals surface area contributed by atoms with Crippen LogP contribution in [-0.4, -0.2) is 46.8 Å². The van der Waals surface area contributed by atoms with Crippen LogP contribution in [0, 0.1) is 0 Å². The number of amidine groups is 1. The number of aromatic nitrogens is 2. The van der Waals surface area contributed by atoms with Crippen LogP contribution < -0.4 is 21.5 Å². The molecule has 2 unspecified atom stereocenters. The number of aliphatic imine (C=N–C) groups is 1. The Hall–Kier alpha value is -2.56. The highest BCUT2D eigenvalue weighted by Gasteiger charge is 2.38. The van der Waals surface area contributed by atoms with E-state index < -0.39 is 24.8 Å². The van der Waals surface area contributed by atoms with E-state index in [2.05, 4.69) is 25.0 Å². The van der Waals surface area contributed by atoms with E-state index in [-0.39, 0.29) is 29.6 Å². The van der Waals surface area contributed by atoms with Crippen molar-refractivity contribution in [3.05, 3.63) is 24.4 Å². The molecule has 11 heteroatoms. The van der Waals surface area contributed by atoms with E-state index >= 15 is 0 Å². The van der Waals surface area contributed by atoms with Gasteiger partial charge in [0, 0.05) is 24.6 Å². The zero-order valence-electron chi connectivity index (χ0n) is 18.4. The van der Waals surface area contributed by atoms with E-state index in [0.29, 0.717) is 12.8 Å². The SMILES string of the molecule is CC.CCC[C@@H]1N[C@@H](CC)CC(Oc2cncc(/N=C(N)\C=C(/N)OC(F)F)n2)C1F. The van der Waals surface area contributed by atoms with Crippen molar-refractivity contribution in [1.82, 2.24) is 15.3 Å². The van der Waals surface area contributed by atoms with Gasteiger partial charge in [0.1, 0.15) is 11.9 Å². The van der Waals surface area contributed by atoms with Gasteiger partial charge in [-0.2, -0.15) is 13.8 Å². The first-order chi connectivity index (χ1) is 14.8. The number of halogens is 3. The molecule has 2 rings (SSSR count). The normalized spacial score (nSPS) is 24.4. The summed E-state index contributed by atoms with van der Waals surface area (Å²) in [7, 11) is 0. The summed E-state index contributed by atoms with van der Waals surface area (Å²) >= 11 is 0. The van der Waals surface area contributed by atoms with Crippen LogP contribution in [0.25, 0.3) is 0 Å². The molecule has 1 saturated heterocycles. The van der Waals surface area contributed by atoms with Gasteiger partial charge < -0.3 is 26.3 Å². The number of nitrogens with one attached hydrogen (secondary N) is 1. The minimum absolute atomic E-state index is 0.0580. The van der Waals surface area contributed by atoms with E-state index in [1.165, 1.54) is 12.4 Å². The summed E-state index contributed by atoms with van der Waals surface area (Å²) in [4.78, 5) is 12.0. The van der Waals surface area contributed by atoms with E-state index in [1.807, 2.05) is 27.7 Å². The van der Waals surface area contributed by atoms with Crippen LogP contribution >= 0.6 is 0 Å². The number of hydrogen-bond donors (Lipinski definition) is 3. The maximum absolute atomic E-state index is 14.9. The first kappa shape index (κ1) is 26.5. The van der Waals surface area contributed by atoms with Gasteiger partial charge >= 0.3 is 6.61 Å². The van der Waals surface area contributed by atoms with Gasteiger partial charge in [-0.25, -0.2) is 9.38 Å². The van der Waals surface area contributed by atoms with Crippen molar-refractivity contribution in [2.24, 2.45) is 16.5 Å². The summed E-state index contributed by atoms with van der Waals surface area (Å²) in [6.07, 6.45) is 4.63. The number of hydrogen-bond acceptors (Lipinski definition) is 7. The topological polar surface area (TPSA) is 121 Å². The fourth-order valence-corrected chi connectivity index (χ4v) is 3.13. The smallest absolute Gasteiger partial charge is 0.388 e. The number of nitrogens with two attached hydrogens (primary N) is 2. The highest BCUT2D eigenvalue weighted by atomic mass is 19.3. The fraction of sp³-hybridized carbons (Fsp3) is 0.650.